The zero-order chi connectivity index (χ0) is 19.6. The number of thioether (sulfide) groups is 1. The third kappa shape index (κ3) is 3.96. The number of amides is 2. The van der Waals surface area contributed by atoms with E-state index in [2.05, 4.69) is 0 Å². The number of imide groups is 1. The Labute approximate surface area is 163 Å². The lowest BCUT2D eigenvalue weighted by Crippen LogP contribution is -2.27. The third-order valence-corrected chi connectivity index (χ3v) is 5.13. The van der Waals surface area contributed by atoms with Crippen molar-refractivity contribution >= 4 is 46.3 Å². The number of rotatable bonds is 5. The SMILES string of the molecule is COc1ccc(/C=C2\SC(=O)N(Cc3ccccc3Cl)C2=O)cc1[N+](=O)[O-]. The Morgan fingerprint density at radius 3 is 2.67 bits per heavy atom. The minimum atomic E-state index is -0.570. The number of nitro benzene ring substituents is 1. The van der Waals surface area contributed by atoms with Crippen molar-refractivity contribution in [3.63, 3.8) is 0 Å². The lowest BCUT2D eigenvalue weighted by molar-refractivity contribution is -0.385. The normalized spacial score (nSPS) is 15.5. The molecule has 1 saturated heterocycles. The number of nitrogens with zero attached hydrogens (tertiary/aromatic N) is 2. The average molecular weight is 405 g/mol. The van der Waals surface area contributed by atoms with Crippen molar-refractivity contribution in [2.75, 3.05) is 7.11 Å². The molecule has 0 atom stereocenters. The maximum atomic E-state index is 12.6. The number of carbonyl (C=O) groups excluding carboxylic acids is 2. The minimum Gasteiger partial charge on any atom is -0.490 e. The molecule has 0 unspecified atom stereocenters. The van der Waals surface area contributed by atoms with E-state index in [1.54, 1.807) is 30.3 Å². The highest BCUT2D eigenvalue weighted by Gasteiger charge is 2.35. The van der Waals surface area contributed by atoms with Crippen molar-refractivity contribution < 1.29 is 19.2 Å². The molecule has 9 heteroatoms. The standard InChI is InChI=1S/C18H13ClN2O5S/c1-26-15-7-6-11(8-14(15)21(24)25)9-16-17(22)20(18(23)27-16)10-12-4-2-3-5-13(12)19/h2-9H,10H2,1H3/b16-9-. The highest BCUT2D eigenvalue weighted by atomic mass is 35.5. The van der Waals surface area contributed by atoms with E-state index in [1.807, 2.05) is 0 Å². The molecule has 1 heterocycles. The highest BCUT2D eigenvalue weighted by Crippen LogP contribution is 2.35. The van der Waals surface area contributed by atoms with Gasteiger partial charge in [-0.1, -0.05) is 35.9 Å². The van der Waals surface area contributed by atoms with Gasteiger partial charge in [0.1, 0.15) is 0 Å². The number of hydrogen-bond donors (Lipinski definition) is 0. The van der Waals surface area contributed by atoms with Gasteiger partial charge in [0, 0.05) is 11.1 Å². The molecule has 2 aromatic carbocycles. The van der Waals surface area contributed by atoms with Crippen LogP contribution in [0.5, 0.6) is 5.75 Å². The predicted molar refractivity (Wildman–Crippen MR) is 103 cm³/mol. The Hall–Kier alpha value is -2.84. The first-order valence-electron chi connectivity index (χ1n) is 7.72. The second-order valence-electron chi connectivity index (χ2n) is 5.55. The molecule has 3 rings (SSSR count). The Bertz CT molecular complexity index is 976. The molecule has 1 fully saturated rings. The van der Waals surface area contributed by atoms with Gasteiger partial charge in [0.25, 0.3) is 11.1 Å². The van der Waals surface area contributed by atoms with Gasteiger partial charge < -0.3 is 4.74 Å². The smallest absolute Gasteiger partial charge is 0.311 e. The van der Waals surface area contributed by atoms with Crippen LogP contribution in [0, 0.1) is 10.1 Å². The van der Waals surface area contributed by atoms with Crippen LogP contribution in [0.2, 0.25) is 5.02 Å². The molecular formula is C18H13ClN2O5S. The van der Waals surface area contributed by atoms with E-state index in [4.69, 9.17) is 16.3 Å². The van der Waals surface area contributed by atoms with E-state index in [0.29, 0.717) is 16.1 Å². The maximum Gasteiger partial charge on any atom is 0.311 e. The minimum absolute atomic E-state index is 0.0600. The van der Waals surface area contributed by atoms with Crippen molar-refractivity contribution in [1.29, 1.82) is 0 Å². The fraction of sp³-hybridized carbons (Fsp3) is 0.111. The molecule has 2 amide bonds. The van der Waals surface area contributed by atoms with Crippen LogP contribution < -0.4 is 4.74 Å². The maximum absolute atomic E-state index is 12.6. The lowest BCUT2D eigenvalue weighted by Gasteiger charge is -2.13. The largest absolute Gasteiger partial charge is 0.490 e. The van der Waals surface area contributed by atoms with E-state index < -0.39 is 16.1 Å². The Kier molecular flexibility index (Phi) is 5.48. The van der Waals surface area contributed by atoms with Crippen molar-refractivity contribution in [1.82, 2.24) is 4.90 Å². The fourth-order valence-electron chi connectivity index (χ4n) is 2.52. The summed E-state index contributed by atoms with van der Waals surface area (Å²) in [5.74, 6) is -0.354. The summed E-state index contributed by atoms with van der Waals surface area (Å²) in [7, 11) is 1.34. The zero-order valence-electron chi connectivity index (χ0n) is 14.0. The van der Waals surface area contributed by atoms with Gasteiger partial charge >= 0.3 is 5.69 Å². The van der Waals surface area contributed by atoms with E-state index in [-0.39, 0.29) is 22.9 Å². The molecule has 0 aromatic heterocycles. The number of halogens is 1. The van der Waals surface area contributed by atoms with Crippen LogP contribution in [0.25, 0.3) is 6.08 Å². The Morgan fingerprint density at radius 1 is 1.26 bits per heavy atom. The molecule has 1 aliphatic rings. The zero-order valence-corrected chi connectivity index (χ0v) is 15.6. The summed E-state index contributed by atoms with van der Waals surface area (Å²) >= 11 is 6.87. The van der Waals surface area contributed by atoms with Crippen molar-refractivity contribution in [3.8, 4) is 5.75 Å². The number of ether oxygens (including phenoxy) is 1. The predicted octanol–water partition coefficient (Wildman–Crippen LogP) is 4.49. The molecule has 27 heavy (non-hydrogen) atoms. The van der Waals surface area contributed by atoms with Crippen LogP contribution in [0.4, 0.5) is 10.5 Å². The third-order valence-electron chi connectivity index (χ3n) is 3.86. The summed E-state index contributed by atoms with van der Waals surface area (Å²) in [6.45, 7) is 0.0600. The summed E-state index contributed by atoms with van der Waals surface area (Å²) in [5, 5.41) is 11.2. The van der Waals surface area contributed by atoms with Crippen LogP contribution in [0.1, 0.15) is 11.1 Å². The molecule has 7 nitrogen and oxygen atoms in total. The highest BCUT2D eigenvalue weighted by molar-refractivity contribution is 8.18. The average Bonchev–Trinajstić information content (AvgIpc) is 2.90. The van der Waals surface area contributed by atoms with Gasteiger partial charge in [0.15, 0.2) is 5.75 Å². The monoisotopic (exact) mass is 404 g/mol. The fourth-order valence-corrected chi connectivity index (χ4v) is 3.56. The summed E-state index contributed by atoms with van der Waals surface area (Å²) in [6.07, 6.45) is 1.45. The first-order valence-corrected chi connectivity index (χ1v) is 8.91. The van der Waals surface area contributed by atoms with Crippen LogP contribution in [0.15, 0.2) is 47.4 Å². The van der Waals surface area contributed by atoms with Crippen LogP contribution in [0.3, 0.4) is 0 Å². The van der Waals surface area contributed by atoms with Gasteiger partial charge in [0.2, 0.25) is 0 Å². The van der Waals surface area contributed by atoms with Crippen LogP contribution >= 0.6 is 23.4 Å². The second-order valence-corrected chi connectivity index (χ2v) is 6.95. The Morgan fingerprint density at radius 2 is 2.00 bits per heavy atom. The molecule has 138 valence electrons. The number of hydrogen-bond acceptors (Lipinski definition) is 6. The quantitative estimate of drug-likeness (QED) is 0.414. The summed E-state index contributed by atoms with van der Waals surface area (Å²) < 4.78 is 4.96. The molecule has 0 aliphatic carbocycles. The lowest BCUT2D eigenvalue weighted by atomic mass is 10.1. The van der Waals surface area contributed by atoms with Crippen LogP contribution in [-0.4, -0.2) is 28.1 Å². The number of nitro groups is 1. The molecular weight excluding hydrogens is 392 g/mol. The number of carbonyl (C=O) groups is 2. The molecule has 0 bridgehead atoms. The van der Waals surface area contributed by atoms with Gasteiger partial charge in [-0.15, -0.1) is 0 Å². The van der Waals surface area contributed by atoms with Crippen molar-refractivity contribution in [2.45, 2.75) is 6.54 Å². The second kappa shape index (κ2) is 7.81. The molecule has 1 aliphatic heterocycles. The molecule has 0 radical (unpaired) electrons. The summed E-state index contributed by atoms with van der Waals surface area (Å²) in [6, 6.07) is 11.3. The summed E-state index contributed by atoms with van der Waals surface area (Å²) in [5.41, 5.74) is 0.857. The van der Waals surface area contributed by atoms with Gasteiger partial charge in [0.05, 0.1) is 23.5 Å². The van der Waals surface area contributed by atoms with Gasteiger partial charge in [-0.2, -0.15) is 0 Å². The molecule has 0 N–H and O–H groups in total. The topological polar surface area (TPSA) is 89.8 Å². The first kappa shape index (κ1) is 18.9. The van der Waals surface area contributed by atoms with Crippen LogP contribution in [-0.2, 0) is 11.3 Å². The Balaban J connectivity index is 1.87. The van der Waals surface area contributed by atoms with E-state index in [1.165, 1.54) is 25.3 Å². The van der Waals surface area contributed by atoms with E-state index in [9.17, 15) is 19.7 Å². The van der Waals surface area contributed by atoms with E-state index in [0.717, 1.165) is 16.7 Å². The van der Waals surface area contributed by atoms with Gasteiger partial charge in [-0.25, -0.2) is 0 Å². The van der Waals surface area contributed by atoms with E-state index >= 15 is 0 Å². The number of methoxy groups -OCH3 is 1. The van der Waals surface area contributed by atoms with Gasteiger partial charge in [-0.3, -0.25) is 24.6 Å². The van der Waals surface area contributed by atoms with Crippen molar-refractivity contribution in [2.24, 2.45) is 0 Å². The first-order chi connectivity index (χ1) is 12.9. The van der Waals surface area contributed by atoms with Crippen molar-refractivity contribution in [3.05, 3.63) is 73.6 Å². The summed E-state index contributed by atoms with van der Waals surface area (Å²) in [4.78, 5) is 36.7. The molecule has 0 saturated carbocycles. The molecule has 2 aromatic rings. The number of benzene rings is 2. The van der Waals surface area contributed by atoms with Gasteiger partial charge in [-0.05, 0) is 41.1 Å². The molecule has 0 spiro atoms.